The first-order valence-electron chi connectivity index (χ1n) is 12.9. The van der Waals surface area contributed by atoms with Gasteiger partial charge in [-0.3, -0.25) is 0 Å². The highest BCUT2D eigenvalue weighted by molar-refractivity contribution is 9.11. The number of allylic oxidation sites excluding steroid dienone is 1. The Labute approximate surface area is 227 Å². The van der Waals surface area contributed by atoms with E-state index in [1.807, 2.05) is 36.4 Å². The Morgan fingerprint density at radius 1 is 0.919 bits per heavy atom. The minimum absolute atomic E-state index is 0.179. The zero-order valence-corrected chi connectivity index (χ0v) is 23.0. The zero-order chi connectivity index (χ0) is 25.8. The number of hydrogen-bond acceptors (Lipinski definition) is 4. The van der Waals surface area contributed by atoms with E-state index in [-0.39, 0.29) is 12.1 Å². The fraction of sp³-hybridized carbons (Fsp3) is 0.355. The number of benzene rings is 3. The quantitative estimate of drug-likeness (QED) is 0.267. The first-order valence-corrected chi connectivity index (χ1v) is 13.7. The lowest BCUT2D eigenvalue weighted by Crippen LogP contribution is -2.39. The Balaban J connectivity index is 1.32. The Kier molecular flexibility index (Phi) is 8.28. The number of hydrogen-bond donors (Lipinski definition) is 0. The summed E-state index contributed by atoms with van der Waals surface area (Å²) in [7, 11) is 3.37. The van der Waals surface area contributed by atoms with Crippen molar-refractivity contribution < 1.29 is 18.6 Å². The second-order valence-electron chi connectivity index (χ2n) is 9.70. The normalized spacial score (nSPS) is 16.3. The van der Waals surface area contributed by atoms with Gasteiger partial charge in [-0.15, -0.1) is 0 Å². The van der Waals surface area contributed by atoms with Crippen molar-refractivity contribution in [3.63, 3.8) is 0 Å². The molecule has 6 heteroatoms. The van der Waals surface area contributed by atoms with Gasteiger partial charge in [0.25, 0.3) is 0 Å². The van der Waals surface area contributed by atoms with Crippen LogP contribution in [0.25, 0.3) is 5.57 Å². The van der Waals surface area contributed by atoms with Gasteiger partial charge >= 0.3 is 0 Å². The Morgan fingerprint density at radius 3 is 2.35 bits per heavy atom. The van der Waals surface area contributed by atoms with E-state index in [0.29, 0.717) is 18.1 Å². The van der Waals surface area contributed by atoms with Crippen LogP contribution in [0, 0.1) is 11.7 Å². The molecule has 1 heterocycles. The lowest BCUT2D eigenvalue weighted by atomic mass is 9.86. The van der Waals surface area contributed by atoms with Crippen molar-refractivity contribution in [3.05, 3.63) is 99.3 Å². The van der Waals surface area contributed by atoms with Crippen LogP contribution in [0.5, 0.6) is 5.75 Å². The zero-order valence-electron chi connectivity index (χ0n) is 21.4. The maximum Gasteiger partial charge on any atom is 0.159 e. The van der Waals surface area contributed by atoms with Crippen LogP contribution in [0.3, 0.4) is 0 Å². The highest BCUT2D eigenvalue weighted by Crippen LogP contribution is 2.41. The molecule has 1 saturated heterocycles. The van der Waals surface area contributed by atoms with Crippen LogP contribution >= 0.6 is 15.9 Å². The molecule has 0 spiro atoms. The van der Waals surface area contributed by atoms with Crippen molar-refractivity contribution in [2.75, 3.05) is 32.2 Å². The van der Waals surface area contributed by atoms with Crippen LogP contribution in [-0.4, -0.2) is 33.6 Å². The third kappa shape index (κ3) is 5.77. The van der Waals surface area contributed by atoms with Gasteiger partial charge < -0.3 is 19.1 Å². The van der Waals surface area contributed by atoms with Gasteiger partial charge in [-0.1, -0.05) is 52.3 Å². The molecule has 0 radical (unpaired) electrons. The standard InChI is InChI=1S/C31H33BrFNO3/c1-35-31(36-2)22-14-16-34(17-15-22)24-9-11-27(29(33)19-24)30-26-12-10-25(18-23(26)8-13-28(30)32)37-20-21-6-4-3-5-7-21/h3-7,9-12,18-19,22,31H,8,13-17,20H2,1-2H3. The maximum absolute atomic E-state index is 15.6. The number of nitrogens with zero attached hydrogens (tertiary/aromatic N) is 1. The van der Waals surface area contributed by atoms with E-state index in [1.165, 1.54) is 5.56 Å². The van der Waals surface area contributed by atoms with E-state index in [1.54, 1.807) is 20.3 Å². The lowest BCUT2D eigenvalue weighted by Gasteiger charge is -2.36. The molecule has 0 atom stereocenters. The molecule has 1 aliphatic carbocycles. The van der Waals surface area contributed by atoms with Gasteiger partial charge in [0.15, 0.2) is 6.29 Å². The summed E-state index contributed by atoms with van der Waals surface area (Å²) in [5.74, 6) is 0.996. The number of rotatable bonds is 8. The van der Waals surface area contributed by atoms with Crippen LogP contribution in [-0.2, 0) is 22.5 Å². The van der Waals surface area contributed by atoms with Crippen molar-refractivity contribution >= 4 is 27.2 Å². The second-order valence-corrected chi connectivity index (χ2v) is 10.7. The predicted octanol–water partition coefficient (Wildman–Crippen LogP) is 7.34. The molecule has 194 valence electrons. The minimum atomic E-state index is -0.199. The highest BCUT2D eigenvalue weighted by Gasteiger charge is 2.28. The Bertz CT molecular complexity index is 1250. The van der Waals surface area contributed by atoms with Crippen molar-refractivity contribution in [2.24, 2.45) is 5.92 Å². The van der Waals surface area contributed by atoms with Crippen molar-refractivity contribution in [1.82, 2.24) is 0 Å². The number of ether oxygens (including phenoxy) is 3. The number of halogens is 2. The molecule has 0 saturated carbocycles. The molecule has 0 aromatic heterocycles. The lowest BCUT2D eigenvalue weighted by molar-refractivity contribution is -0.141. The van der Waals surface area contributed by atoms with Crippen LogP contribution in [0.4, 0.5) is 10.1 Å². The van der Waals surface area contributed by atoms with E-state index in [4.69, 9.17) is 14.2 Å². The van der Waals surface area contributed by atoms with E-state index in [2.05, 4.69) is 45.1 Å². The molecular weight excluding hydrogens is 533 g/mol. The predicted molar refractivity (Wildman–Crippen MR) is 150 cm³/mol. The third-order valence-electron chi connectivity index (χ3n) is 7.46. The second kappa shape index (κ2) is 11.8. The molecule has 0 unspecified atom stereocenters. The van der Waals surface area contributed by atoms with E-state index >= 15 is 4.39 Å². The summed E-state index contributed by atoms with van der Waals surface area (Å²) in [4.78, 5) is 2.25. The number of aryl methyl sites for hydroxylation is 1. The summed E-state index contributed by atoms with van der Waals surface area (Å²) < 4.78 is 33.6. The number of fused-ring (bicyclic) bond motifs is 1. The molecule has 1 aliphatic heterocycles. The van der Waals surface area contributed by atoms with Gasteiger partial charge in [0.1, 0.15) is 18.2 Å². The summed E-state index contributed by atoms with van der Waals surface area (Å²) >= 11 is 3.75. The summed E-state index contributed by atoms with van der Waals surface area (Å²) in [6.45, 7) is 2.23. The first-order chi connectivity index (χ1) is 18.1. The summed E-state index contributed by atoms with van der Waals surface area (Å²) in [5, 5.41) is 0. The van der Waals surface area contributed by atoms with Crippen LogP contribution in [0.15, 0.2) is 71.2 Å². The van der Waals surface area contributed by atoms with Gasteiger partial charge in [0.2, 0.25) is 0 Å². The van der Waals surface area contributed by atoms with Crippen molar-refractivity contribution in [2.45, 2.75) is 38.6 Å². The molecule has 2 aliphatic rings. The van der Waals surface area contributed by atoms with Gasteiger partial charge in [0.05, 0.1) is 0 Å². The molecule has 3 aromatic carbocycles. The molecule has 0 amide bonds. The maximum atomic E-state index is 15.6. The largest absolute Gasteiger partial charge is 0.489 e. The topological polar surface area (TPSA) is 30.9 Å². The van der Waals surface area contributed by atoms with Gasteiger partial charge in [-0.2, -0.15) is 0 Å². The summed E-state index contributed by atoms with van der Waals surface area (Å²) in [5.41, 5.74) is 5.85. The SMILES string of the molecule is COC(OC)C1CCN(c2ccc(C3=C(Br)CCc4cc(OCc5ccccc5)ccc43)c(F)c2)CC1. The van der Waals surface area contributed by atoms with E-state index < -0.39 is 0 Å². The number of piperidine rings is 1. The van der Waals surface area contributed by atoms with Gasteiger partial charge in [-0.05, 0) is 72.7 Å². The fourth-order valence-electron chi connectivity index (χ4n) is 5.47. The molecule has 1 fully saturated rings. The number of anilines is 1. The smallest absolute Gasteiger partial charge is 0.159 e. The Hall–Kier alpha value is -2.67. The van der Waals surface area contributed by atoms with Crippen LogP contribution < -0.4 is 9.64 Å². The Morgan fingerprint density at radius 2 is 1.65 bits per heavy atom. The first kappa shape index (κ1) is 26.0. The molecule has 0 N–H and O–H groups in total. The third-order valence-corrected chi connectivity index (χ3v) is 8.25. The van der Waals surface area contributed by atoms with Crippen molar-refractivity contribution in [1.29, 1.82) is 0 Å². The highest BCUT2D eigenvalue weighted by atomic mass is 79.9. The summed E-state index contributed by atoms with van der Waals surface area (Å²) in [6, 6.07) is 21.9. The molecule has 37 heavy (non-hydrogen) atoms. The van der Waals surface area contributed by atoms with Crippen LogP contribution in [0.1, 0.15) is 41.5 Å². The molecular formula is C31H33BrFNO3. The van der Waals surface area contributed by atoms with Gasteiger partial charge in [0, 0.05) is 54.5 Å². The number of methoxy groups -OCH3 is 2. The monoisotopic (exact) mass is 565 g/mol. The average Bonchev–Trinajstić information content (AvgIpc) is 2.94. The molecule has 5 rings (SSSR count). The average molecular weight is 567 g/mol. The molecule has 0 bridgehead atoms. The molecule has 4 nitrogen and oxygen atoms in total. The molecule has 3 aromatic rings. The van der Waals surface area contributed by atoms with E-state index in [9.17, 15) is 0 Å². The van der Waals surface area contributed by atoms with E-state index in [0.717, 1.165) is 71.4 Å². The fourth-order valence-corrected chi connectivity index (χ4v) is 6.10. The minimum Gasteiger partial charge on any atom is -0.489 e. The van der Waals surface area contributed by atoms with Crippen molar-refractivity contribution in [3.8, 4) is 5.75 Å². The summed E-state index contributed by atoms with van der Waals surface area (Å²) in [6.07, 6.45) is 3.45. The van der Waals surface area contributed by atoms with Crippen LogP contribution in [0.2, 0.25) is 0 Å². The van der Waals surface area contributed by atoms with Gasteiger partial charge in [-0.25, -0.2) is 4.39 Å².